The zero-order chi connectivity index (χ0) is 19.5. The molecule has 0 saturated carbocycles. The summed E-state index contributed by atoms with van der Waals surface area (Å²) in [5, 5.41) is 4.28. The molecule has 0 aliphatic carbocycles. The van der Waals surface area contributed by atoms with Gasteiger partial charge in [0.05, 0.1) is 21.8 Å². The van der Waals surface area contributed by atoms with Crippen LogP contribution in [0.5, 0.6) is 0 Å². The summed E-state index contributed by atoms with van der Waals surface area (Å²) in [4.78, 5) is 31.4. The van der Waals surface area contributed by atoms with Gasteiger partial charge in [-0.1, -0.05) is 29.8 Å². The second kappa shape index (κ2) is 8.29. The summed E-state index contributed by atoms with van der Waals surface area (Å²) >= 11 is 7.62. The van der Waals surface area contributed by atoms with Gasteiger partial charge in [-0.05, 0) is 43.2 Å². The number of nitrogens with zero attached hydrogens (tertiary/aromatic N) is 2. The molecule has 1 N–H and O–H groups in total. The van der Waals surface area contributed by atoms with Gasteiger partial charge in [-0.3, -0.25) is 9.59 Å². The van der Waals surface area contributed by atoms with E-state index in [1.807, 2.05) is 23.1 Å². The number of rotatable bonds is 4. The van der Waals surface area contributed by atoms with Crippen LogP contribution in [0.3, 0.4) is 0 Å². The van der Waals surface area contributed by atoms with Crippen LogP contribution >= 0.6 is 22.9 Å². The molecule has 1 fully saturated rings. The molecule has 4 rings (SSSR count). The van der Waals surface area contributed by atoms with Gasteiger partial charge in [-0.15, -0.1) is 11.3 Å². The fraction of sp³-hybridized carbons (Fsp3) is 0.286. The van der Waals surface area contributed by atoms with E-state index < -0.39 is 0 Å². The molecule has 3 aromatic rings. The number of thiazole rings is 1. The third-order valence-corrected chi connectivity index (χ3v) is 6.35. The Morgan fingerprint density at radius 3 is 2.89 bits per heavy atom. The van der Waals surface area contributed by atoms with Crippen molar-refractivity contribution in [1.82, 2.24) is 15.2 Å². The lowest BCUT2D eigenvalue weighted by atomic mass is 9.98. The molecule has 28 heavy (non-hydrogen) atoms. The van der Waals surface area contributed by atoms with Crippen LogP contribution in [0.4, 0.5) is 0 Å². The standard InChI is InChI=1S/C21H20ClN3O2S/c22-16-7-3-5-14(11-16)20(27)23-12-19(26)25-10-4-6-15(13-25)21-24-17-8-1-2-9-18(17)28-21/h1-3,5,7-9,11,15H,4,6,10,12-13H2,(H,23,27)/t15-/m1/s1. The maximum atomic E-state index is 12.6. The van der Waals surface area contributed by atoms with E-state index in [1.165, 1.54) is 4.70 Å². The maximum Gasteiger partial charge on any atom is 0.251 e. The fourth-order valence-electron chi connectivity index (χ4n) is 3.47. The number of para-hydroxylation sites is 1. The van der Waals surface area contributed by atoms with Crippen LogP contribution in [0.25, 0.3) is 10.2 Å². The number of nitrogens with one attached hydrogen (secondary N) is 1. The van der Waals surface area contributed by atoms with Gasteiger partial charge < -0.3 is 10.2 Å². The van der Waals surface area contributed by atoms with Crippen molar-refractivity contribution in [3.05, 3.63) is 64.1 Å². The highest BCUT2D eigenvalue weighted by atomic mass is 35.5. The summed E-state index contributed by atoms with van der Waals surface area (Å²) < 4.78 is 1.18. The predicted molar refractivity (Wildman–Crippen MR) is 112 cm³/mol. The summed E-state index contributed by atoms with van der Waals surface area (Å²) in [5.41, 5.74) is 1.46. The van der Waals surface area contributed by atoms with Crippen molar-refractivity contribution < 1.29 is 9.59 Å². The molecule has 2 heterocycles. The van der Waals surface area contributed by atoms with Gasteiger partial charge >= 0.3 is 0 Å². The molecular formula is C21H20ClN3O2S. The van der Waals surface area contributed by atoms with Gasteiger partial charge in [0.25, 0.3) is 5.91 Å². The zero-order valence-electron chi connectivity index (χ0n) is 15.2. The first-order chi connectivity index (χ1) is 13.6. The molecule has 2 amide bonds. The van der Waals surface area contributed by atoms with Gasteiger partial charge in [0, 0.05) is 29.6 Å². The fourth-order valence-corrected chi connectivity index (χ4v) is 4.75. The Kier molecular flexibility index (Phi) is 5.59. The molecule has 0 unspecified atom stereocenters. The molecule has 1 aliphatic rings. The van der Waals surface area contributed by atoms with Gasteiger partial charge in [0.1, 0.15) is 0 Å². The summed E-state index contributed by atoms with van der Waals surface area (Å²) in [6.45, 7) is 1.34. The molecule has 1 saturated heterocycles. The Labute approximate surface area is 172 Å². The molecule has 0 spiro atoms. The van der Waals surface area contributed by atoms with Crippen LogP contribution in [0.1, 0.15) is 34.1 Å². The number of amides is 2. The lowest BCUT2D eigenvalue weighted by molar-refractivity contribution is -0.131. The Hall–Kier alpha value is -2.44. The highest BCUT2D eigenvalue weighted by Gasteiger charge is 2.27. The highest BCUT2D eigenvalue weighted by Crippen LogP contribution is 2.32. The monoisotopic (exact) mass is 413 g/mol. The first kappa shape index (κ1) is 18.9. The Balaban J connectivity index is 1.37. The molecule has 144 valence electrons. The third-order valence-electron chi connectivity index (χ3n) is 4.92. The van der Waals surface area contributed by atoms with Crippen molar-refractivity contribution >= 4 is 45.0 Å². The van der Waals surface area contributed by atoms with Crippen molar-refractivity contribution in [3.8, 4) is 0 Å². The van der Waals surface area contributed by atoms with Gasteiger partial charge in [0.2, 0.25) is 5.91 Å². The van der Waals surface area contributed by atoms with Crippen LogP contribution in [0, 0.1) is 0 Å². The van der Waals surface area contributed by atoms with Crippen LogP contribution < -0.4 is 5.32 Å². The number of likely N-dealkylation sites (tertiary alicyclic amines) is 1. The van der Waals surface area contributed by atoms with Crippen molar-refractivity contribution in [1.29, 1.82) is 0 Å². The van der Waals surface area contributed by atoms with Crippen LogP contribution in [-0.2, 0) is 4.79 Å². The van der Waals surface area contributed by atoms with Crippen molar-refractivity contribution in [2.75, 3.05) is 19.6 Å². The quantitative estimate of drug-likeness (QED) is 0.700. The van der Waals surface area contributed by atoms with Crippen molar-refractivity contribution in [2.24, 2.45) is 0 Å². The van der Waals surface area contributed by atoms with Crippen molar-refractivity contribution in [2.45, 2.75) is 18.8 Å². The molecule has 7 heteroatoms. The van der Waals surface area contributed by atoms with E-state index in [0.29, 0.717) is 23.7 Å². The summed E-state index contributed by atoms with van der Waals surface area (Å²) in [5.74, 6) is -0.115. The molecule has 1 atom stereocenters. The number of halogens is 1. The van der Waals surface area contributed by atoms with E-state index >= 15 is 0 Å². The third kappa shape index (κ3) is 4.18. The number of carbonyl (C=O) groups excluding carboxylic acids is 2. The molecule has 2 aromatic carbocycles. The predicted octanol–water partition coefficient (Wildman–Crippen LogP) is 4.09. The summed E-state index contributed by atoms with van der Waals surface area (Å²) in [6, 6.07) is 14.8. The molecule has 5 nitrogen and oxygen atoms in total. The van der Waals surface area contributed by atoms with Crippen LogP contribution in [-0.4, -0.2) is 41.3 Å². The van der Waals surface area contributed by atoms with Crippen molar-refractivity contribution in [3.63, 3.8) is 0 Å². The van der Waals surface area contributed by atoms with E-state index in [0.717, 1.165) is 23.4 Å². The van der Waals surface area contributed by atoms with E-state index in [2.05, 4.69) is 11.4 Å². The topological polar surface area (TPSA) is 62.3 Å². The minimum atomic E-state index is -0.296. The maximum absolute atomic E-state index is 12.6. The normalized spacial score (nSPS) is 16.9. The number of benzene rings is 2. The molecule has 0 radical (unpaired) electrons. The first-order valence-corrected chi connectivity index (χ1v) is 10.5. The van der Waals surface area contributed by atoms with E-state index in [1.54, 1.807) is 35.6 Å². The molecular weight excluding hydrogens is 394 g/mol. The summed E-state index contributed by atoms with van der Waals surface area (Å²) in [6.07, 6.45) is 1.97. The second-order valence-corrected chi connectivity index (χ2v) is 8.39. The van der Waals surface area contributed by atoms with E-state index in [-0.39, 0.29) is 24.3 Å². The number of carbonyl (C=O) groups is 2. The second-order valence-electron chi connectivity index (χ2n) is 6.89. The Morgan fingerprint density at radius 1 is 1.21 bits per heavy atom. The largest absolute Gasteiger partial charge is 0.343 e. The molecule has 1 aromatic heterocycles. The minimum Gasteiger partial charge on any atom is -0.343 e. The van der Waals surface area contributed by atoms with E-state index in [9.17, 15) is 9.59 Å². The Morgan fingerprint density at radius 2 is 2.07 bits per heavy atom. The van der Waals surface area contributed by atoms with Crippen LogP contribution in [0.2, 0.25) is 5.02 Å². The minimum absolute atomic E-state index is 0.0160. The number of hydrogen-bond acceptors (Lipinski definition) is 4. The number of piperidine rings is 1. The number of hydrogen-bond donors (Lipinski definition) is 1. The smallest absolute Gasteiger partial charge is 0.251 e. The van der Waals surface area contributed by atoms with Gasteiger partial charge in [-0.2, -0.15) is 0 Å². The lowest BCUT2D eigenvalue weighted by Crippen LogP contribution is -2.44. The molecule has 0 bridgehead atoms. The highest BCUT2D eigenvalue weighted by molar-refractivity contribution is 7.18. The SMILES string of the molecule is O=C(NCC(=O)N1CCC[C@@H](c2nc3ccccc3s2)C1)c1cccc(Cl)c1. The van der Waals surface area contributed by atoms with Gasteiger partial charge in [0.15, 0.2) is 0 Å². The molecule has 1 aliphatic heterocycles. The average molecular weight is 414 g/mol. The zero-order valence-corrected chi connectivity index (χ0v) is 16.8. The lowest BCUT2D eigenvalue weighted by Gasteiger charge is -2.32. The van der Waals surface area contributed by atoms with Gasteiger partial charge in [-0.25, -0.2) is 4.98 Å². The first-order valence-electron chi connectivity index (χ1n) is 9.27. The Bertz CT molecular complexity index is 987. The van der Waals surface area contributed by atoms with E-state index in [4.69, 9.17) is 16.6 Å². The number of fused-ring (bicyclic) bond motifs is 1. The average Bonchev–Trinajstić information content (AvgIpc) is 3.16. The summed E-state index contributed by atoms with van der Waals surface area (Å²) in [7, 11) is 0. The number of aromatic nitrogens is 1. The van der Waals surface area contributed by atoms with Crippen LogP contribution in [0.15, 0.2) is 48.5 Å².